The van der Waals surface area contributed by atoms with Crippen LogP contribution in [0, 0.1) is 0 Å². The highest BCUT2D eigenvalue weighted by molar-refractivity contribution is 7.89. The normalized spacial score (nSPS) is 11.5. The number of nitrogens with zero attached hydrogens (tertiary/aromatic N) is 2. The highest BCUT2D eigenvalue weighted by Crippen LogP contribution is 2.27. The molecule has 3 rings (SSSR count). The van der Waals surface area contributed by atoms with Crippen molar-refractivity contribution in [3.8, 4) is 17.0 Å². The standard InChI is InChI=1S/C22H25N3O4S2/c1-4-5-13-25(2)31(27,28)19-11-9-16(10-12-19)21(26)24-22-23-20(15-30-22)17-7-6-8-18(14-17)29-3/h6-12,14-15H,4-5,13H2,1-3H3,(H,23,24,26). The summed E-state index contributed by atoms with van der Waals surface area (Å²) in [5, 5.41) is 5.07. The highest BCUT2D eigenvalue weighted by atomic mass is 32.2. The molecule has 1 heterocycles. The fraction of sp³-hybridized carbons (Fsp3) is 0.273. The molecule has 0 unspecified atom stereocenters. The summed E-state index contributed by atoms with van der Waals surface area (Å²) >= 11 is 1.31. The Balaban J connectivity index is 1.69. The third kappa shape index (κ3) is 5.49. The molecule has 0 spiro atoms. The number of rotatable bonds is 9. The van der Waals surface area contributed by atoms with Crippen molar-refractivity contribution in [2.24, 2.45) is 0 Å². The van der Waals surface area contributed by atoms with Gasteiger partial charge in [0.15, 0.2) is 5.13 Å². The van der Waals surface area contributed by atoms with Gasteiger partial charge in [-0.1, -0.05) is 25.5 Å². The van der Waals surface area contributed by atoms with E-state index in [4.69, 9.17) is 4.74 Å². The first-order valence-corrected chi connectivity index (χ1v) is 12.1. The van der Waals surface area contributed by atoms with Gasteiger partial charge in [-0.3, -0.25) is 10.1 Å². The fourth-order valence-electron chi connectivity index (χ4n) is 2.87. The smallest absolute Gasteiger partial charge is 0.257 e. The Kier molecular flexibility index (Phi) is 7.42. The van der Waals surface area contributed by atoms with Crippen LogP contribution in [0.4, 0.5) is 5.13 Å². The summed E-state index contributed by atoms with van der Waals surface area (Å²) in [6.07, 6.45) is 1.71. The lowest BCUT2D eigenvalue weighted by Crippen LogP contribution is -2.28. The maximum Gasteiger partial charge on any atom is 0.257 e. The lowest BCUT2D eigenvalue weighted by atomic mass is 10.2. The number of sulfonamides is 1. The van der Waals surface area contributed by atoms with E-state index >= 15 is 0 Å². The topological polar surface area (TPSA) is 88.6 Å². The maximum absolute atomic E-state index is 12.6. The Morgan fingerprint density at radius 3 is 2.61 bits per heavy atom. The van der Waals surface area contributed by atoms with E-state index in [-0.39, 0.29) is 10.8 Å². The van der Waals surface area contributed by atoms with E-state index in [9.17, 15) is 13.2 Å². The maximum atomic E-state index is 12.6. The Bertz CT molecular complexity index is 1140. The molecule has 0 aliphatic heterocycles. The summed E-state index contributed by atoms with van der Waals surface area (Å²) in [4.78, 5) is 17.2. The van der Waals surface area contributed by atoms with E-state index in [1.807, 2.05) is 36.6 Å². The first kappa shape index (κ1) is 22.9. The quantitative estimate of drug-likeness (QED) is 0.509. The molecule has 1 aromatic heterocycles. The number of benzene rings is 2. The van der Waals surface area contributed by atoms with Crippen LogP contribution in [0.1, 0.15) is 30.1 Å². The second-order valence-electron chi connectivity index (χ2n) is 6.93. The summed E-state index contributed by atoms with van der Waals surface area (Å²) in [5.41, 5.74) is 1.97. The van der Waals surface area contributed by atoms with Gasteiger partial charge >= 0.3 is 0 Å². The average molecular weight is 460 g/mol. The van der Waals surface area contributed by atoms with E-state index in [0.717, 1.165) is 29.8 Å². The van der Waals surface area contributed by atoms with Gasteiger partial charge in [0.25, 0.3) is 5.91 Å². The van der Waals surface area contributed by atoms with Crippen LogP contribution >= 0.6 is 11.3 Å². The number of unbranched alkanes of at least 4 members (excludes halogenated alkanes) is 1. The third-order valence-corrected chi connectivity index (χ3v) is 7.37. The number of nitrogens with one attached hydrogen (secondary N) is 1. The van der Waals surface area contributed by atoms with Crippen molar-refractivity contribution in [1.82, 2.24) is 9.29 Å². The van der Waals surface area contributed by atoms with Gasteiger partial charge in [-0.25, -0.2) is 17.7 Å². The lowest BCUT2D eigenvalue weighted by Gasteiger charge is -2.16. The molecule has 7 nitrogen and oxygen atoms in total. The Morgan fingerprint density at radius 1 is 1.19 bits per heavy atom. The number of hydrogen-bond acceptors (Lipinski definition) is 6. The van der Waals surface area contributed by atoms with Gasteiger partial charge in [-0.05, 0) is 42.8 Å². The number of anilines is 1. The molecule has 0 atom stereocenters. The first-order valence-electron chi connectivity index (χ1n) is 9.83. The zero-order valence-electron chi connectivity index (χ0n) is 17.7. The molecule has 0 aliphatic carbocycles. The van der Waals surface area contributed by atoms with Crippen LogP contribution in [0.15, 0.2) is 58.8 Å². The van der Waals surface area contributed by atoms with Gasteiger partial charge in [-0.15, -0.1) is 11.3 Å². The van der Waals surface area contributed by atoms with Gasteiger partial charge in [0.1, 0.15) is 5.75 Å². The van der Waals surface area contributed by atoms with Crippen molar-refractivity contribution in [2.45, 2.75) is 24.7 Å². The summed E-state index contributed by atoms with van der Waals surface area (Å²) < 4.78 is 31.8. The molecule has 1 N–H and O–H groups in total. The zero-order valence-corrected chi connectivity index (χ0v) is 19.3. The van der Waals surface area contributed by atoms with Crippen LogP contribution in [0.5, 0.6) is 5.75 Å². The highest BCUT2D eigenvalue weighted by Gasteiger charge is 2.20. The third-order valence-electron chi connectivity index (χ3n) is 4.74. The molecule has 0 saturated heterocycles. The Labute approximate surface area is 186 Å². The fourth-order valence-corrected chi connectivity index (χ4v) is 4.80. The van der Waals surface area contributed by atoms with Crippen molar-refractivity contribution >= 4 is 32.4 Å². The van der Waals surface area contributed by atoms with Crippen molar-refractivity contribution in [2.75, 3.05) is 26.0 Å². The molecular weight excluding hydrogens is 434 g/mol. The number of ether oxygens (including phenoxy) is 1. The van der Waals surface area contributed by atoms with Crippen molar-refractivity contribution in [3.05, 3.63) is 59.5 Å². The van der Waals surface area contributed by atoms with Crippen molar-refractivity contribution in [3.63, 3.8) is 0 Å². The average Bonchev–Trinajstić information content (AvgIpc) is 3.26. The number of amides is 1. The SMILES string of the molecule is CCCCN(C)S(=O)(=O)c1ccc(C(=O)Nc2nc(-c3cccc(OC)c3)cs2)cc1. The number of aromatic nitrogens is 1. The minimum atomic E-state index is -3.56. The number of hydrogen-bond donors (Lipinski definition) is 1. The van der Waals surface area contributed by atoms with Crippen LogP contribution < -0.4 is 10.1 Å². The molecule has 164 valence electrons. The van der Waals surface area contributed by atoms with Crippen molar-refractivity contribution in [1.29, 1.82) is 0 Å². The van der Waals surface area contributed by atoms with E-state index in [1.165, 1.54) is 39.9 Å². The molecular formula is C22H25N3O4S2. The zero-order chi connectivity index (χ0) is 22.4. The second-order valence-corrected chi connectivity index (χ2v) is 9.83. The molecule has 0 saturated carbocycles. The number of carbonyl (C=O) groups is 1. The molecule has 0 aliphatic rings. The summed E-state index contributed by atoms with van der Waals surface area (Å²) in [6, 6.07) is 13.4. The predicted octanol–water partition coefficient (Wildman–Crippen LogP) is 4.49. The summed E-state index contributed by atoms with van der Waals surface area (Å²) in [7, 11) is -0.398. The molecule has 1 amide bonds. The molecule has 9 heteroatoms. The number of methoxy groups -OCH3 is 1. The molecule has 31 heavy (non-hydrogen) atoms. The molecule has 0 bridgehead atoms. The summed E-state index contributed by atoms with van der Waals surface area (Å²) in [5.74, 6) is 0.376. The van der Waals surface area contributed by atoms with Crippen molar-refractivity contribution < 1.29 is 17.9 Å². The molecule has 0 radical (unpaired) electrons. The lowest BCUT2D eigenvalue weighted by molar-refractivity contribution is 0.102. The Morgan fingerprint density at radius 2 is 1.94 bits per heavy atom. The van der Waals surface area contributed by atoms with E-state index in [0.29, 0.717) is 17.2 Å². The summed E-state index contributed by atoms with van der Waals surface area (Å²) in [6.45, 7) is 2.47. The minimum Gasteiger partial charge on any atom is -0.497 e. The van der Waals surface area contributed by atoms with Gasteiger partial charge < -0.3 is 4.74 Å². The van der Waals surface area contributed by atoms with Crippen LogP contribution in [0.2, 0.25) is 0 Å². The molecule has 3 aromatic rings. The van der Waals surface area contributed by atoms with Gasteiger partial charge in [0.05, 0.1) is 17.7 Å². The Hall–Kier alpha value is -2.75. The van der Waals surface area contributed by atoms with Crippen LogP contribution in [-0.2, 0) is 10.0 Å². The van der Waals surface area contributed by atoms with Crippen LogP contribution in [-0.4, -0.2) is 44.3 Å². The van der Waals surface area contributed by atoms with E-state index in [1.54, 1.807) is 14.2 Å². The van der Waals surface area contributed by atoms with Crippen LogP contribution in [0.25, 0.3) is 11.3 Å². The number of thiazole rings is 1. The minimum absolute atomic E-state index is 0.164. The monoisotopic (exact) mass is 459 g/mol. The van der Waals surface area contributed by atoms with Gasteiger partial charge in [0, 0.05) is 30.1 Å². The van der Waals surface area contributed by atoms with E-state index in [2.05, 4.69) is 10.3 Å². The second kappa shape index (κ2) is 10.0. The molecule has 2 aromatic carbocycles. The predicted molar refractivity (Wildman–Crippen MR) is 123 cm³/mol. The van der Waals surface area contributed by atoms with E-state index < -0.39 is 10.0 Å². The molecule has 0 fully saturated rings. The van der Waals surface area contributed by atoms with Gasteiger partial charge in [-0.2, -0.15) is 0 Å². The number of carbonyl (C=O) groups excluding carboxylic acids is 1. The first-order chi connectivity index (χ1) is 14.8. The van der Waals surface area contributed by atoms with Crippen LogP contribution in [0.3, 0.4) is 0 Å². The van der Waals surface area contributed by atoms with Gasteiger partial charge in [0.2, 0.25) is 10.0 Å². The largest absolute Gasteiger partial charge is 0.497 e.